The van der Waals surface area contributed by atoms with E-state index in [2.05, 4.69) is 34.1 Å². The molecule has 0 aromatic carbocycles. The number of pyridine rings is 1. The first kappa shape index (κ1) is 12.7. The molecular weight excluding hydrogens is 226 g/mol. The molecule has 0 aliphatic carbocycles. The third kappa shape index (κ3) is 3.37. The molecule has 0 aliphatic rings. The molecule has 0 saturated carbocycles. The monoisotopic (exact) mass is 245 g/mol. The maximum absolute atomic E-state index is 6.02. The van der Waals surface area contributed by atoms with Crippen molar-refractivity contribution >= 4 is 17.0 Å². The number of aromatic nitrogens is 3. The minimum Gasteiger partial charge on any atom is -0.368 e. The Morgan fingerprint density at radius 2 is 2.00 bits per heavy atom. The van der Waals surface area contributed by atoms with Crippen LogP contribution in [0, 0.1) is 5.92 Å². The number of rotatable bonds is 5. The number of nitrogens with one attached hydrogen (secondary N) is 1. The number of nitrogens with zero attached hydrogens (tertiary/aromatic N) is 3. The predicted molar refractivity (Wildman–Crippen MR) is 73.3 cm³/mol. The highest BCUT2D eigenvalue weighted by Gasteiger charge is 2.06. The maximum atomic E-state index is 6.02. The lowest BCUT2D eigenvalue weighted by molar-refractivity contribution is 0.508. The van der Waals surface area contributed by atoms with Crippen LogP contribution in [0.1, 0.15) is 20.3 Å². The fraction of sp³-hybridized carbons (Fsp3) is 0.462. The quantitative estimate of drug-likeness (QED) is 0.840. The number of hydrogen-bond acceptors (Lipinski definition) is 5. The lowest BCUT2D eigenvalue weighted by Crippen LogP contribution is -2.30. The van der Waals surface area contributed by atoms with E-state index in [1.54, 1.807) is 12.4 Å². The van der Waals surface area contributed by atoms with Gasteiger partial charge < -0.3 is 11.1 Å². The average molecular weight is 245 g/mol. The first-order valence-corrected chi connectivity index (χ1v) is 6.22. The molecule has 2 heterocycles. The summed E-state index contributed by atoms with van der Waals surface area (Å²) in [4.78, 5) is 12.7. The molecule has 1 unspecified atom stereocenters. The van der Waals surface area contributed by atoms with E-state index in [4.69, 9.17) is 5.73 Å². The molecule has 0 bridgehead atoms. The Kier molecular flexibility index (Phi) is 4.04. The van der Waals surface area contributed by atoms with Crippen LogP contribution in [0.15, 0.2) is 24.5 Å². The standard InChI is InChI=1S/C13H19N5/c1-9(2)7-10(14)8-17-12-4-3-11-13(18-12)16-6-5-15-11/h3-6,9-10H,7-8,14H2,1-2H3,(H,16,17,18). The fourth-order valence-electron chi connectivity index (χ4n) is 1.88. The van der Waals surface area contributed by atoms with Crippen LogP contribution in [0.2, 0.25) is 0 Å². The summed E-state index contributed by atoms with van der Waals surface area (Å²) in [5.41, 5.74) is 7.47. The van der Waals surface area contributed by atoms with E-state index < -0.39 is 0 Å². The van der Waals surface area contributed by atoms with Gasteiger partial charge in [-0.1, -0.05) is 13.8 Å². The highest BCUT2D eigenvalue weighted by Crippen LogP contribution is 2.10. The van der Waals surface area contributed by atoms with Crippen LogP contribution in [0.25, 0.3) is 11.2 Å². The van der Waals surface area contributed by atoms with E-state index in [1.165, 1.54) is 0 Å². The molecule has 18 heavy (non-hydrogen) atoms. The number of hydrogen-bond donors (Lipinski definition) is 2. The van der Waals surface area contributed by atoms with Gasteiger partial charge in [-0.25, -0.2) is 9.97 Å². The zero-order valence-corrected chi connectivity index (χ0v) is 10.8. The first-order chi connectivity index (χ1) is 8.65. The molecule has 96 valence electrons. The molecule has 2 rings (SSSR count). The number of fused-ring (bicyclic) bond motifs is 1. The fourth-order valence-corrected chi connectivity index (χ4v) is 1.88. The van der Waals surface area contributed by atoms with Gasteiger partial charge in [-0.2, -0.15) is 0 Å². The van der Waals surface area contributed by atoms with Crippen LogP contribution in [0.5, 0.6) is 0 Å². The summed E-state index contributed by atoms with van der Waals surface area (Å²) >= 11 is 0. The lowest BCUT2D eigenvalue weighted by atomic mass is 10.0. The van der Waals surface area contributed by atoms with Crippen molar-refractivity contribution in [3.8, 4) is 0 Å². The van der Waals surface area contributed by atoms with E-state index in [1.807, 2.05) is 12.1 Å². The summed E-state index contributed by atoms with van der Waals surface area (Å²) in [6.07, 6.45) is 4.31. The number of nitrogens with two attached hydrogens (primary N) is 1. The molecule has 5 heteroatoms. The average Bonchev–Trinajstić information content (AvgIpc) is 2.35. The van der Waals surface area contributed by atoms with E-state index in [0.717, 1.165) is 24.3 Å². The van der Waals surface area contributed by atoms with E-state index in [0.29, 0.717) is 11.6 Å². The Morgan fingerprint density at radius 3 is 2.78 bits per heavy atom. The van der Waals surface area contributed by atoms with E-state index >= 15 is 0 Å². The summed E-state index contributed by atoms with van der Waals surface area (Å²) in [7, 11) is 0. The Balaban J connectivity index is 1.99. The van der Waals surface area contributed by atoms with Gasteiger partial charge in [-0.15, -0.1) is 0 Å². The van der Waals surface area contributed by atoms with Crippen LogP contribution >= 0.6 is 0 Å². The Hall–Kier alpha value is -1.75. The predicted octanol–water partition coefficient (Wildman–Crippen LogP) is 1.81. The van der Waals surface area contributed by atoms with Crippen molar-refractivity contribution in [3.05, 3.63) is 24.5 Å². The maximum Gasteiger partial charge on any atom is 0.180 e. The second-order valence-corrected chi connectivity index (χ2v) is 4.87. The molecule has 0 amide bonds. The molecule has 0 spiro atoms. The summed E-state index contributed by atoms with van der Waals surface area (Å²) in [6, 6.07) is 3.95. The minimum absolute atomic E-state index is 0.143. The SMILES string of the molecule is CC(C)CC(N)CNc1ccc2nccnc2n1. The molecule has 0 radical (unpaired) electrons. The van der Waals surface area contributed by atoms with Crippen molar-refractivity contribution in [2.24, 2.45) is 11.7 Å². The normalized spacial score (nSPS) is 12.9. The van der Waals surface area contributed by atoms with Gasteiger partial charge in [0.25, 0.3) is 0 Å². The van der Waals surface area contributed by atoms with Gasteiger partial charge in [0.1, 0.15) is 11.3 Å². The third-order valence-electron chi connectivity index (χ3n) is 2.65. The van der Waals surface area contributed by atoms with Gasteiger partial charge >= 0.3 is 0 Å². The van der Waals surface area contributed by atoms with E-state index in [-0.39, 0.29) is 6.04 Å². The van der Waals surface area contributed by atoms with Crippen molar-refractivity contribution in [1.29, 1.82) is 0 Å². The number of anilines is 1. The van der Waals surface area contributed by atoms with Crippen molar-refractivity contribution in [3.63, 3.8) is 0 Å². The topological polar surface area (TPSA) is 76.7 Å². The van der Waals surface area contributed by atoms with Crippen LogP contribution < -0.4 is 11.1 Å². The second kappa shape index (κ2) is 5.73. The molecule has 0 aliphatic heterocycles. The summed E-state index contributed by atoms with van der Waals surface area (Å²) in [5, 5.41) is 3.24. The van der Waals surface area contributed by atoms with Crippen molar-refractivity contribution in [1.82, 2.24) is 15.0 Å². The summed E-state index contributed by atoms with van der Waals surface area (Å²) < 4.78 is 0. The van der Waals surface area contributed by atoms with E-state index in [9.17, 15) is 0 Å². The van der Waals surface area contributed by atoms with Crippen LogP contribution in [0.4, 0.5) is 5.82 Å². The summed E-state index contributed by atoms with van der Waals surface area (Å²) in [6.45, 7) is 5.06. The van der Waals surface area contributed by atoms with Crippen molar-refractivity contribution in [2.75, 3.05) is 11.9 Å². The highest BCUT2D eigenvalue weighted by atomic mass is 15.0. The zero-order chi connectivity index (χ0) is 13.0. The van der Waals surface area contributed by atoms with Gasteiger partial charge in [-0.05, 0) is 24.5 Å². The van der Waals surface area contributed by atoms with Gasteiger partial charge in [0.05, 0.1) is 0 Å². The Morgan fingerprint density at radius 1 is 1.22 bits per heavy atom. The van der Waals surface area contributed by atoms with Crippen LogP contribution in [-0.4, -0.2) is 27.5 Å². The van der Waals surface area contributed by atoms with Gasteiger partial charge in [0.2, 0.25) is 0 Å². The lowest BCUT2D eigenvalue weighted by Gasteiger charge is -2.15. The molecule has 2 aromatic heterocycles. The zero-order valence-electron chi connectivity index (χ0n) is 10.8. The first-order valence-electron chi connectivity index (χ1n) is 6.22. The molecule has 3 N–H and O–H groups in total. The molecule has 0 saturated heterocycles. The van der Waals surface area contributed by atoms with Crippen molar-refractivity contribution < 1.29 is 0 Å². The van der Waals surface area contributed by atoms with Crippen LogP contribution in [-0.2, 0) is 0 Å². The van der Waals surface area contributed by atoms with Crippen LogP contribution in [0.3, 0.4) is 0 Å². The van der Waals surface area contributed by atoms with Gasteiger partial charge in [0.15, 0.2) is 5.65 Å². The highest BCUT2D eigenvalue weighted by molar-refractivity contribution is 5.71. The Labute approximate surface area is 107 Å². The molecule has 0 fully saturated rings. The third-order valence-corrected chi connectivity index (χ3v) is 2.65. The van der Waals surface area contributed by atoms with Gasteiger partial charge in [0, 0.05) is 25.0 Å². The second-order valence-electron chi connectivity index (χ2n) is 4.87. The Bertz CT molecular complexity index is 511. The minimum atomic E-state index is 0.143. The molecule has 5 nitrogen and oxygen atoms in total. The largest absolute Gasteiger partial charge is 0.368 e. The molecular formula is C13H19N5. The molecule has 2 aromatic rings. The molecule has 1 atom stereocenters. The van der Waals surface area contributed by atoms with Gasteiger partial charge in [-0.3, -0.25) is 4.98 Å². The smallest absolute Gasteiger partial charge is 0.180 e. The van der Waals surface area contributed by atoms with Crippen molar-refractivity contribution in [2.45, 2.75) is 26.3 Å². The summed E-state index contributed by atoms with van der Waals surface area (Å²) in [5.74, 6) is 1.40.